The summed E-state index contributed by atoms with van der Waals surface area (Å²) >= 11 is 7.34. The number of halogens is 1. The van der Waals surface area contributed by atoms with Crippen LogP contribution in [0.15, 0.2) is 30.5 Å². The normalized spacial score (nSPS) is 20.1. The van der Waals surface area contributed by atoms with Crippen molar-refractivity contribution in [1.82, 2.24) is 4.98 Å². The first-order chi connectivity index (χ1) is 10.1. The summed E-state index contributed by atoms with van der Waals surface area (Å²) < 4.78 is 0. The zero-order valence-corrected chi connectivity index (χ0v) is 12.9. The predicted molar refractivity (Wildman–Crippen MR) is 83.0 cm³/mol. The van der Waals surface area contributed by atoms with E-state index in [2.05, 4.69) is 10.3 Å². The number of carbonyl (C=O) groups excluding carboxylic acids is 2. The fourth-order valence-corrected chi connectivity index (χ4v) is 3.29. The molecule has 1 aromatic heterocycles. The molecule has 1 heterocycles. The maximum atomic E-state index is 12.2. The van der Waals surface area contributed by atoms with Gasteiger partial charge in [0.2, 0.25) is 5.91 Å². The van der Waals surface area contributed by atoms with Crippen LogP contribution in [0.2, 0.25) is 5.02 Å². The average molecular weight is 321 g/mol. The summed E-state index contributed by atoms with van der Waals surface area (Å²) in [6, 6.07) is 7.60. The number of thiazole rings is 1. The molecule has 1 amide bonds. The van der Waals surface area contributed by atoms with Crippen molar-refractivity contribution < 1.29 is 9.59 Å². The molecule has 0 radical (unpaired) electrons. The number of ketones is 1. The Labute approximate surface area is 131 Å². The van der Waals surface area contributed by atoms with Crippen molar-refractivity contribution in [2.75, 3.05) is 5.32 Å². The van der Waals surface area contributed by atoms with Gasteiger partial charge < -0.3 is 5.32 Å². The van der Waals surface area contributed by atoms with Gasteiger partial charge >= 0.3 is 0 Å². The molecule has 1 aliphatic carbocycles. The third-order valence-electron chi connectivity index (χ3n) is 3.51. The summed E-state index contributed by atoms with van der Waals surface area (Å²) in [6.07, 6.45) is 2.28. The summed E-state index contributed by atoms with van der Waals surface area (Å²) in [6.45, 7) is 1.48. The Morgan fingerprint density at radius 1 is 1.38 bits per heavy atom. The Balaban J connectivity index is 1.65. The SMILES string of the molecule is CC(=O)c1cnc(NC(=O)C2CC2c2ccccc2Cl)s1. The smallest absolute Gasteiger partial charge is 0.229 e. The highest BCUT2D eigenvalue weighted by Gasteiger charge is 2.45. The minimum absolute atomic E-state index is 0.0478. The minimum atomic E-state index is -0.0745. The molecule has 2 atom stereocenters. The van der Waals surface area contributed by atoms with E-state index in [9.17, 15) is 9.59 Å². The highest BCUT2D eigenvalue weighted by atomic mass is 35.5. The highest BCUT2D eigenvalue weighted by Crippen LogP contribution is 2.50. The van der Waals surface area contributed by atoms with Gasteiger partial charge in [0, 0.05) is 17.9 Å². The van der Waals surface area contributed by atoms with Crippen LogP contribution in [-0.4, -0.2) is 16.7 Å². The van der Waals surface area contributed by atoms with Gasteiger partial charge in [0.15, 0.2) is 10.9 Å². The molecule has 1 aromatic carbocycles. The van der Waals surface area contributed by atoms with Crippen LogP contribution >= 0.6 is 22.9 Å². The van der Waals surface area contributed by atoms with Crippen LogP contribution in [0.4, 0.5) is 5.13 Å². The van der Waals surface area contributed by atoms with Crippen molar-refractivity contribution in [3.8, 4) is 0 Å². The molecule has 0 saturated heterocycles. The lowest BCUT2D eigenvalue weighted by molar-refractivity contribution is -0.117. The Morgan fingerprint density at radius 3 is 2.81 bits per heavy atom. The average Bonchev–Trinajstić information content (AvgIpc) is 3.11. The molecule has 108 valence electrons. The third-order valence-corrected chi connectivity index (χ3v) is 4.87. The molecule has 1 fully saturated rings. The number of aromatic nitrogens is 1. The molecule has 0 spiro atoms. The molecule has 0 bridgehead atoms. The molecule has 0 aliphatic heterocycles. The first-order valence-corrected chi connectivity index (χ1v) is 7.77. The zero-order valence-electron chi connectivity index (χ0n) is 11.3. The topological polar surface area (TPSA) is 59.1 Å². The highest BCUT2D eigenvalue weighted by molar-refractivity contribution is 7.17. The number of Topliss-reactive ketones (excluding diaryl/α,β-unsaturated/α-hetero) is 1. The van der Waals surface area contributed by atoms with Gasteiger partial charge in [0.1, 0.15) is 0 Å². The van der Waals surface area contributed by atoms with Crippen molar-refractivity contribution in [3.63, 3.8) is 0 Å². The van der Waals surface area contributed by atoms with Gasteiger partial charge in [-0.05, 0) is 24.0 Å². The summed E-state index contributed by atoms with van der Waals surface area (Å²) in [5, 5.41) is 3.94. The molecule has 1 aliphatic rings. The van der Waals surface area contributed by atoms with Crippen molar-refractivity contribution in [3.05, 3.63) is 45.9 Å². The predicted octanol–water partition coefficient (Wildman–Crippen LogP) is 3.74. The summed E-state index contributed by atoms with van der Waals surface area (Å²) in [5.41, 5.74) is 1.02. The standard InChI is InChI=1S/C15H13ClN2O2S/c1-8(19)13-7-17-15(21-13)18-14(20)11-6-10(11)9-4-2-3-5-12(9)16/h2-5,7,10-11H,6H2,1H3,(H,17,18,20). The molecular formula is C15H13ClN2O2S. The lowest BCUT2D eigenvalue weighted by Crippen LogP contribution is -2.14. The summed E-state index contributed by atoms with van der Waals surface area (Å²) in [4.78, 5) is 28.0. The van der Waals surface area contributed by atoms with Gasteiger partial charge in [0.25, 0.3) is 0 Å². The van der Waals surface area contributed by atoms with Crippen molar-refractivity contribution in [2.24, 2.45) is 5.92 Å². The maximum Gasteiger partial charge on any atom is 0.229 e. The number of nitrogens with one attached hydrogen (secondary N) is 1. The number of benzene rings is 1. The van der Waals surface area contributed by atoms with Crippen LogP contribution < -0.4 is 5.32 Å². The number of nitrogens with zero attached hydrogens (tertiary/aromatic N) is 1. The molecule has 1 N–H and O–H groups in total. The number of carbonyl (C=O) groups is 2. The van der Waals surface area contributed by atoms with E-state index in [0.29, 0.717) is 15.0 Å². The van der Waals surface area contributed by atoms with E-state index in [1.165, 1.54) is 24.5 Å². The Bertz CT molecular complexity index is 713. The first kappa shape index (κ1) is 14.2. The second-order valence-corrected chi connectivity index (χ2v) is 6.48. The van der Waals surface area contributed by atoms with E-state index in [-0.39, 0.29) is 23.5 Å². The number of amides is 1. The van der Waals surface area contributed by atoms with Crippen LogP contribution in [0.25, 0.3) is 0 Å². The maximum absolute atomic E-state index is 12.2. The van der Waals surface area contributed by atoms with E-state index in [4.69, 9.17) is 11.6 Å². The van der Waals surface area contributed by atoms with Gasteiger partial charge in [-0.1, -0.05) is 41.1 Å². The van der Waals surface area contributed by atoms with E-state index in [1.807, 2.05) is 24.3 Å². The van der Waals surface area contributed by atoms with Crippen molar-refractivity contribution >= 4 is 39.8 Å². The lowest BCUT2D eigenvalue weighted by atomic mass is 10.1. The molecule has 4 nitrogen and oxygen atoms in total. The Kier molecular flexibility index (Phi) is 3.78. The number of hydrogen-bond donors (Lipinski definition) is 1. The van der Waals surface area contributed by atoms with E-state index in [0.717, 1.165) is 12.0 Å². The molecule has 6 heteroatoms. The first-order valence-electron chi connectivity index (χ1n) is 6.58. The van der Waals surface area contributed by atoms with Crippen LogP contribution in [0, 0.1) is 5.92 Å². The molecule has 2 aromatic rings. The molecule has 3 rings (SSSR count). The Morgan fingerprint density at radius 2 is 2.14 bits per heavy atom. The van der Waals surface area contributed by atoms with Crippen molar-refractivity contribution in [1.29, 1.82) is 0 Å². The van der Waals surface area contributed by atoms with E-state index < -0.39 is 0 Å². The largest absolute Gasteiger partial charge is 0.302 e. The van der Waals surface area contributed by atoms with Gasteiger partial charge in [-0.15, -0.1) is 0 Å². The van der Waals surface area contributed by atoms with Crippen LogP contribution in [-0.2, 0) is 4.79 Å². The number of rotatable bonds is 4. The van der Waals surface area contributed by atoms with E-state index >= 15 is 0 Å². The monoisotopic (exact) mass is 320 g/mol. The fourth-order valence-electron chi connectivity index (χ4n) is 2.30. The summed E-state index contributed by atoms with van der Waals surface area (Å²) in [5.74, 6) is -0.0155. The zero-order chi connectivity index (χ0) is 15.0. The second kappa shape index (κ2) is 5.58. The van der Waals surface area contributed by atoms with Gasteiger partial charge in [0.05, 0.1) is 11.1 Å². The minimum Gasteiger partial charge on any atom is -0.302 e. The number of anilines is 1. The number of hydrogen-bond acceptors (Lipinski definition) is 4. The van der Waals surface area contributed by atoms with Crippen molar-refractivity contribution in [2.45, 2.75) is 19.3 Å². The molecule has 1 saturated carbocycles. The second-order valence-electron chi connectivity index (χ2n) is 5.05. The van der Waals surface area contributed by atoms with Gasteiger partial charge in [-0.25, -0.2) is 4.98 Å². The van der Waals surface area contributed by atoms with Crippen LogP contribution in [0.1, 0.15) is 34.5 Å². The molecular weight excluding hydrogens is 308 g/mol. The van der Waals surface area contributed by atoms with Gasteiger partial charge in [-0.3, -0.25) is 9.59 Å². The fraction of sp³-hybridized carbons (Fsp3) is 0.267. The summed E-state index contributed by atoms with van der Waals surface area (Å²) in [7, 11) is 0. The van der Waals surface area contributed by atoms with Gasteiger partial charge in [-0.2, -0.15) is 0 Å². The van der Waals surface area contributed by atoms with Crippen LogP contribution in [0.3, 0.4) is 0 Å². The quantitative estimate of drug-likeness (QED) is 0.873. The lowest BCUT2D eigenvalue weighted by Gasteiger charge is -2.03. The van der Waals surface area contributed by atoms with Crippen LogP contribution in [0.5, 0.6) is 0 Å². The third kappa shape index (κ3) is 2.99. The molecule has 2 unspecified atom stereocenters. The van der Waals surface area contributed by atoms with E-state index in [1.54, 1.807) is 0 Å². The molecule has 21 heavy (non-hydrogen) atoms. The Hall–Kier alpha value is -1.72.